The van der Waals surface area contributed by atoms with Crippen molar-refractivity contribution in [3.8, 4) is 10.7 Å². The van der Waals surface area contributed by atoms with Gasteiger partial charge in [-0.2, -0.15) is 13.2 Å². The van der Waals surface area contributed by atoms with E-state index in [4.69, 9.17) is 4.42 Å². The first-order valence-electron chi connectivity index (χ1n) is 8.89. The predicted molar refractivity (Wildman–Crippen MR) is 103 cm³/mol. The van der Waals surface area contributed by atoms with E-state index < -0.39 is 18.6 Å². The Bertz CT molecular complexity index is 951. The summed E-state index contributed by atoms with van der Waals surface area (Å²) in [6.07, 6.45) is -1.13. The second-order valence-corrected chi connectivity index (χ2v) is 8.51. The van der Waals surface area contributed by atoms with Crippen LogP contribution in [0.1, 0.15) is 24.6 Å². The van der Waals surface area contributed by atoms with E-state index in [0.29, 0.717) is 10.9 Å². The lowest BCUT2D eigenvalue weighted by molar-refractivity contribution is -0.161. The number of thiophene rings is 1. The normalized spacial score (nSPS) is 14.3. The van der Waals surface area contributed by atoms with Crippen molar-refractivity contribution in [3.63, 3.8) is 0 Å². The van der Waals surface area contributed by atoms with Crippen LogP contribution in [0, 0.1) is 0 Å². The molecule has 0 atom stereocenters. The van der Waals surface area contributed by atoms with Crippen molar-refractivity contribution in [1.82, 2.24) is 19.7 Å². The third kappa shape index (κ3) is 5.02. The summed E-state index contributed by atoms with van der Waals surface area (Å²) in [5.74, 6) is 0.243. The number of hydrogen-bond donors (Lipinski definition) is 0. The fraction of sp³-hybridized carbons (Fsp3) is 0.389. The molecule has 11 heteroatoms. The maximum absolute atomic E-state index is 12.9. The number of thioether (sulfide) groups is 1. The van der Waals surface area contributed by atoms with Crippen molar-refractivity contribution in [2.24, 2.45) is 0 Å². The zero-order chi connectivity index (χ0) is 20.4. The largest absolute Gasteiger partial charge is 0.467 e. The number of hydrogen-bond acceptors (Lipinski definition) is 6. The molecule has 0 saturated heterocycles. The number of rotatable bonds is 8. The highest BCUT2D eigenvalue weighted by Crippen LogP contribution is 2.41. The molecule has 1 aliphatic carbocycles. The van der Waals surface area contributed by atoms with Crippen molar-refractivity contribution >= 4 is 29.0 Å². The molecule has 1 fully saturated rings. The van der Waals surface area contributed by atoms with Crippen LogP contribution in [0.3, 0.4) is 0 Å². The van der Waals surface area contributed by atoms with Gasteiger partial charge in [0.1, 0.15) is 12.3 Å². The van der Waals surface area contributed by atoms with Gasteiger partial charge >= 0.3 is 6.18 Å². The molecule has 154 valence electrons. The summed E-state index contributed by atoms with van der Waals surface area (Å²) in [5, 5.41) is 10.9. The average Bonchev–Trinajstić information content (AvgIpc) is 3.09. The molecule has 3 aromatic heterocycles. The minimum Gasteiger partial charge on any atom is -0.467 e. The molecule has 0 spiro atoms. The molecule has 4 rings (SSSR count). The maximum Gasteiger partial charge on any atom is 0.406 e. The van der Waals surface area contributed by atoms with Crippen LogP contribution < -0.4 is 0 Å². The van der Waals surface area contributed by atoms with Crippen molar-refractivity contribution in [2.75, 3.05) is 12.3 Å². The van der Waals surface area contributed by atoms with Gasteiger partial charge in [-0.05, 0) is 36.4 Å². The van der Waals surface area contributed by atoms with E-state index in [-0.39, 0.29) is 18.3 Å². The number of carbonyl (C=O) groups is 1. The summed E-state index contributed by atoms with van der Waals surface area (Å²) < 4.78 is 45.9. The molecular formula is C18H17F3N4O2S2. The first-order chi connectivity index (χ1) is 13.9. The highest BCUT2D eigenvalue weighted by molar-refractivity contribution is 7.99. The summed E-state index contributed by atoms with van der Waals surface area (Å²) >= 11 is 2.66. The number of alkyl halides is 3. The van der Waals surface area contributed by atoms with E-state index in [1.54, 1.807) is 23.5 Å². The molecule has 0 aromatic carbocycles. The summed E-state index contributed by atoms with van der Waals surface area (Å²) in [5.41, 5.74) is 0. The Morgan fingerprint density at radius 1 is 1.31 bits per heavy atom. The fourth-order valence-corrected chi connectivity index (χ4v) is 4.48. The number of halogens is 3. The Morgan fingerprint density at radius 2 is 2.14 bits per heavy atom. The predicted octanol–water partition coefficient (Wildman–Crippen LogP) is 4.62. The van der Waals surface area contributed by atoms with Crippen LogP contribution in [-0.2, 0) is 11.3 Å². The van der Waals surface area contributed by atoms with Crippen LogP contribution in [0.4, 0.5) is 13.2 Å². The molecular weight excluding hydrogens is 425 g/mol. The van der Waals surface area contributed by atoms with Gasteiger partial charge in [-0.25, -0.2) is 0 Å². The fourth-order valence-electron chi connectivity index (χ4n) is 2.87. The second-order valence-electron chi connectivity index (χ2n) is 6.62. The molecule has 1 saturated carbocycles. The van der Waals surface area contributed by atoms with Crippen molar-refractivity contribution in [1.29, 1.82) is 0 Å². The maximum atomic E-state index is 12.9. The van der Waals surface area contributed by atoms with Crippen LogP contribution in [0.5, 0.6) is 0 Å². The van der Waals surface area contributed by atoms with Crippen LogP contribution in [0.15, 0.2) is 45.5 Å². The van der Waals surface area contributed by atoms with Crippen LogP contribution in [0.2, 0.25) is 0 Å². The quantitative estimate of drug-likeness (QED) is 0.477. The van der Waals surface area contributed by atoms with Crippen LogP contribution >= 0.6 is 23.1 Å². The van der Waals surface area contributed by atoms with Crippen LogP contribution in [-0.4, -0.2) is 44.0 Å². The smallest absolute Gasteiger partial charge is 0.406 e. The standard InChI is InChI=1S/C18H17F3N4O2S2/c19-18(20,21)11-24(9-13-3-1-7-27-13)15(26)10-29-17-23-22-16(14-4-2-8-28-14)25(17)12-5-6-12/h1-4,7-8,12H,5-6,9-11H2. The summed E-state index contributed by atoms with van der Waals surface area (Å²) in [4.78, 5) is 14.3. The highest BCUT2D eigenvalue weighted by atomic mass is 32.2. The Labute approximate surface area is 172 Å². The van der Waals surface area contributed by atoms with E-state index in [1.165, 1.54) is 6.26 Å². The lowest BCUT2D eigenvalue weighted by atomic mass is 10.3. The topological polar surface area (TPSA) is 64.2 Å². The van der Waals surface area contributed by atoms with E-state index in [0.717, 1.165) is 40.2 Å². The molecule has 29 heavy (non-hydrogen) atoms. The molecule has 0 radical (unpaired) electrons. The SMILES string of the molecule is O=C(CSc1nnc(-c2cccs2)n1C1CC1)N(Cc1ccco1)CC(F)(F)F. The molecule has 3 heterocycles. The number of carbonyl (C=O) groups excluding carboxylic acids is 1. The average molecular weight is 442 g/mol. The van der Waals surface area contributed by atoms with Gasteiger partial charge in [0.15, 0.2) is 11.0 Å². The third-order valence-corrected chi connectivity index (χ3v) is 6.09. The Morgan fingerprint density at radius 3 is 2.76 bits per heavy atom. The summed E-state index contributed by atoms with van der Waals surface area (Å²) in [6.45, 7) is -1.56. The van der Waals surface area contributed by atoms with E-state index in [1.807, 2.05) is 22.1 Å². The van der Waals surface area contributed by atoms with Crippen molar-refractivity contribution in [3.05, 3.63) is 41.7 Å². The molecule has 1 aliphatic rings. The van der Waals surface area contributed by atoms with Gasteiger partial charge in [-0.3, -0.25) is 9.36 Å². The Balaban J connectivity index is 1.47. The van der Waals surface area contributed by atoms with Gasteiger partial charge in [-0.15, -0.1) is 21.5 Å². The first kappa shape index (κ1) is 20.0. The monoisotopic (exact) mass is 442 g/mol. The number of furan rings is 1. The molecule has 0 N–H and O–H groups in total. The number of nitrogens with zero attached hydrogens (tertiary/aromatic N) is 4. The van der Waals surface area contributed by atoms with Crippen LogP contribution in [0.25, 0.3) is 10.7 Å². The zero-order valence-corrected chi connectivity index (χ0v) is 16.8. The molecule has 0 unspecified atom stereocenters. The number of aromatic nitrogens is 3. The molecule has 3 aromatic rings. The third-order valence-electron chi connectivity index (χ3n) is 4.29. The second kappa shape index (κ2) is 8.23. The lowest BCUT2D eigenvalue weighted by Gasteiger charge is -2.22. The van der Waals surface area contributed by atoms with Crippen molar-refractivity contribution < 1.29 is 22.4 Å². The minimum absolute atomic E-state index is 0.161. The summed E-state index contributed by atoms with van der Waals surface area (Å²) in [7, 11) is 0. The lowest BCUT2D eigenvalue weighted by Crippen LogP contribution is -2.39. The van der Waals surface area contributed by atoms with E-state index in [9.17, 15) is 18.0 Å². The molecule has 1 amide bonds. The zero-order valence-electron chi connectivity index (χ0n) is 15.1. The van der Waals surface area contributed by atoms with Gasteiger partial charge in [0.25, 0.3) is 0 Å². The van der Waals surface area contributed by atoms with Gasteiger partial charge in [0.05, 0.1) is 23.4 Å². The Hall–Kier alpha value is -2.27. The van der Waals surface area contributed by atoms with E-state index in [2.05, 4.69) is 10.2 Å². The first-order valence-corrected chi connectivity index (χ1v) is 10.8. The number of amides is 1. The van der Waals surface area contributed by atoms with Crippen molar-refractivity contribution in [2.45, 2.75) is 36.8 Å². The highest BCUT2D eigenvalue weighted by Gasteiger charge is 2.34. The van der Waals surface area contributed by atoms with E-state index >= 15 is 0 Å². The van der Waals surface area contributed by atoms with Gasteiger partial charge in [0, 0.05) is 6.04 Å². The molecule has 0 aliphatic heterocycles. The van der Waals surface area contributed by atoms with Gasteiger partial charge in [-0.1, -0.05) is 17.8 Å². The minimum atomic E-state index is -4.49. The Kier molecular flexibility index (Phi) is 5.68. The van der Waals surface area contributed by atoms with Gasteiger partial charge < -0.3 is 9.32 Å². The molecule has 0 bridgehead atoms. The van der Waals surface area contributed by atoms with Gasteiger partial charge in [0.2, 0.25) is 5.91 Å². The molecule has 6 nitrogen and oxygen atoms in total. The summed E-state index contributed by atoms with van der Waals surface area (Å²) in [6, 6.07) is 7.26.